The summed E-state index contributed by atoms with van der Waals surface area (Å²) in [6, 6.07) is 7.92. The predicted molar refractivity (Wildman–Crippen MR) is 133 cm³/mol. The summed E-state index contributed by atoms with van der Waals surface area (Å²) in [5.74, 6) is -1.13. The molecule has 1 fully saturated rings. The Labute approximate surface area is 204 Å². The molecule has 1 aromatic rings. The molecule has 3 amide bonds. The Balaban J connectivity index is 2.36. The number of carbonyl (C=O) groups excluding carboxylic acids is 3. The van der Waals surface area contributed by atoms with E-state index in [0.29, 0.717) is 5.56 Å². The van der Waals surface area contributed by atoms with Crippen molar-refractivity contribution in [1.82, 2.24) is 15.5 Å². The number of amides is 3. The van der Waals surface area contributed by atoms with Gasteiger partial charge in [-0.3, -0.25) is 14.5 Å². The summed E-state index contributed by atoms with van der Waals surface area (Å²) in [5.41, 5.74) is 0.855. The van der Waals surface area contributed by atoms with E-state index < -0.39 is 29.7 Å². The molecule has 186 valence electrons. The van der Waals surface area contributed by atoms with Gasteiger partial charge in [-0.25, -0.2) is 4.79 Å². The average molecular weight is 470 g/mol. The van der Waals surface area contributed by atoms with Crippen molar-refractivity contribution in [2.24, 2.45) is 5.92 Å². The van der Waals surface area contributed by atoms with Crippen molar-refractivity contribution in [3.05, 3.63) is 35.4 Å². The molecule has 0 spiro atoms. The molecule has 2 rings (SSSR count). The fourth-order valence-corrected chi connectivity index (χ4v) is 4.15. The summed E-state index contributed by atoms with van der Waals surface area (Å²) in [4.78, 5) is 40.7. The van der Waals surface area contributed by atoms with Crippen molar-refractivity contribution in [1.29, 1.82) is 0 Å². The summed E-state index contributed by atoms with van der Waals surface area (Å²) >= 11 is 0. The quantitative estimate of drug-likeness (QED) is 0.456. The molecular weight excluding hydrogens is 430 g/mol. The normalized spacial score (nSPS) is 16.2. The molecule has 1 aromatic carbocycles. The molecule has 34 heavy (non-hydrogen) atoms. The van der Waals surface area contributed by atoms with E-state index in [-0.39, 0.29) is 17.9 Å². The Bertz CT molecular complexity index is 907. The van der Waals surface area contributed by atoms with Gasteiger partial charge in [-0.1, -0.05) is 69.4 Å². The van der Waals surface area contributed by atoms with E-state index in [1.165, 1.54) is 0 Å². The van der Waals surface area contributed by atoms with Crippen molar-refractivity contribution < 1.29 is 19.1 Å². The molecule has 2 atom stereocenters. The lowest BCUT2D eigenvalue weighted by Gasteiger charge is -2.33. The van der Waals surface area contributed by atoms with E-state index in [1.54, 1.807) is 40.7 Å². The number of nitrogens with zero attached hydrogens (tertiary/aromatic N) is 1. The van der Waals surface area contributed by atoms with Crippen LogP contribution in [0.15, 0.2) is 24.3 Å². The first-order valence-corrected chi connectivity index (χ1v) is 12.1. The van der Waals surface area contributed by atoms with E-state index in [9.17, 15) is 14.4 Å². The van der Waals surface area contributed by atoms with Gasteiger partial charge in [0.15, 0.2) is 0 Å². The number of benzene rings is 1. The van der Waals surface area contributed by atoms with Gasteiger partial charge in [-0.15, -0.1) is 0 Å². The molecule has 0 bridgehead atoms. The molecule has 1 saturated carbocycles. The molecule has 7 nitrogen and oxygen atoms in total. The molecule has 2 N–H and O–H groups in total. The van der Waals surface area contributed by atoms with E-state index in [0.717, 1.165) is 42.6 Å². The predicted octanol–water partition coefficient (Wildman–Crippen LogP) is 4.45. The first kappa shape index (κ1) is 27.2. The first-order chi connectivity index (χ1) is 15.9. The molecule has 0 heterocycles. The third-order valence-corrected chi connectivity index (χ3v) is 5.80. The second-order valence-corrected chi connectivity index (χ2v) is 10.4. The van der Waals surface area contributed by atoms with Crippen LogP contribution in [0.3, 0.4) is 0 Å². The highest BCUT2D eigenvalue weighted by atomic mass is 16.6. The number of alkyl carbamates (subject to hydrolysis) is 1. The van der Waals surface area contributed by atoms with Crippen LogP contribution in [0.2, 0.25) is 0 Å². The third-order valence-electron chi connectivity index (χ3n) is 5.80. The van der Waals surface area contributed by atoms with Gasteiger partial charge in [0, 0.05) is 12.1 Å². The number of rotatable bonds is 7. The van der Waals surface area contributed by atoms with Crippen molar-refractivity contribution in [3.8, 4) is 12.5 Å². The van der Waals surface area contributed by atoms with Crippen molar-refractivity contribution in [2.75, 3.05) is 0 Å². The third kappa shape index (κ3) is 7.79. The highest BCUT2D eigenvalue weighted by Crippen LogP contribution is 2.26. The van der Waals surface area contributed by atoms with Gasteiger partial charge < -0.3 is 15.4 Å². The molecule has 0 aromatic heterocycles. The highest BCUT2D eigenvalue weighted by molar-refractivity contribution is 5.93. The van der Waals surface area contributed by atoms with E-state index in [1.807, 2.05) is 25.1 Å². The lowest BCUT2D eigenvalue weighted by atomic mass is 9.94. The number of hydrogen-bond donors (Lipinski definition) is 2. The lowest BCUT2D eigenvalue weighted by Crippen LogP contribution is -2.54. The van der Waals surface area contributed by atoms with Gasteiger partial charge in [0.1, 0.15) is 17.7 Å². The van der Waals surface area contributed by atoms with Crippen LogP contribution >= 0.6 is 0 Å². The molecule has 0 radical (unpaired) electrons. The molecule has 1 aliphatic carbocycles. The molecule has 7 heteroatoms. The van der Waals surface area contributed by atoms with Crippen molar-refractivity contribution in [3.63, 3.8) is 0 Å². The maximum absolute atomic E-state index is 13.6. The zero-order valence-corrected chi connectivity index (χ0v) is 21.3. The zero-order chi connectivity index (χ0) is 25.5. The van der Waals surface area contributed by atoms with Crippen LogP contribution in [0.5, 0.6) is 0 Å². The van der Waals surface area contributed by atoms with Gasteiger partial charge >= 0.3 is 6.09 Å². The van der Waals surface area contributed by atoms with Crippen molar-refractivity contribution in [2.45, 2.75) is 97.4 Å². The van der Waals surface area contributed by atoms with E-state index >= 15 is 0 Å². The summed E-state index contributed by atoms with van der Waals surface area (Å²) in [5, 5.41) is 5.75. The summed E-state index contributed by atoms with van der Waals surface area (Å²) in [6.45, 7) is 10.8. The summed E-state index contributed by atoms with van der Waals surface area (Å²) < 4.78 is 5.34. The number of ether oxygens (including phenoxy) is 1. The molecular formula is C27H39N3O4. The largest absolute Gasteiger partial charge is 0.444 e. The van der Waals surface area contributed by atoms with Gasteiger partial charge in [-0.2, -0.15) is 0 Å². The fraction of sp³-hybridized carbons (Fsp3) is 0.593. The standard InChI is InChI=1S/C27H39N3O4/c1-8-30(25(32)22(18(2)3)29-26(33)34-27(5,6)7)23(20-14-12-13-19(4)17-20)24(31)28-21-15-10-9-11-16-21/h1,12-14,17-18,21-23H,9-11,15-16H2,2-7H3,(H,28,31)(H,29,33). The maximum Gasteiger partial charge on any atom is 0.408 e. The lowest BCUT2D eigenvalue weighted by molar-refractivity contribution is -0.139. The minimum Gasteiger partial charge on any atom is -0.444 e. The molecule has 0 aliphatic heterocycles. The number of carbonyl (C=O) groups is 3. The highest BCUT2D eigenvalue weighted by Gasteiger charge is 2.37. The van der Waals surface area contributed by atoms with Gasteiger partial charge in [0.2, 0.25) is 5.91 Å². The summed E-state index contributed by atoms with van der Waals surface area (Å²) in [7, 11) is 0. The van der Waals surface area contributed by atoms with Gasteiger partial charge in [0.25, 0.3) is 5.91 Å². The Morgan fingerprint density at radius 2 is 1.79 bits per heavy atom. The van der Waals surface area contributed by atoms with Crippen LogP contribution in [-0.4, -0.2) is 40.5 Å². The number of nitrogens with one attached hydrogen (secondary N) is 2. The minimum atomic E-state index is -1.01. The second-order valence-electron chi connectivity index (χ2n) is 10.4. The Kier molecular flexibility index (Phi) is 9.55. The average Bonchev–Trinajstić information content (AvgIpc) is 2.74. The Hall–Kier alpha value is -3.01. The topological polar surface area (TPSA) is 87.7 Å². The number of aryl methyl sites for hydroxylation is 1. The van der Waals surface area contributed by atoms with Gasteiger partial charge in [0.05, 0.1) is 0 Å². The first-order valence-electron chi connectivity index (χ1n) is 12.1. The van der Waals surface area contributed by atoms with Crippen LogP contribution in [0.25, 0.3) is 0 Å². The number of hydrogen-bond acceptors (Lipinski definition) is 4. The van der Waals surface area contributed by atoms with Crippen LogP contribution in [0, 0.1) is 25.3 Å². The van der Waals surface area contributed by atoms with Crippen LogP contribution < -0.4 is 10.6 Å². The van der Waals surface area contributed by atoms with Crippen LogP contribution in [0.4, 0.5) is 4.79 Å². The van der Waals surface area contributed by atoms with E-state index in [4.69, 9.17) is 11.2 Å². The van der Waals surface area contributed by atoms with Crippen molar-refractivity contribution >= 4 is 17.9 Å². The molecule has 2 unspecified atom stereocenters. The number of terminal acetylenes is 1. The summed E-state index contributed by atoms with van der Waals surface area (Å²) in [6.07, 6.45) is 10.2. The Morgan fingerprint density at radius 3 is 2.32 bits per heavy atom. The van der Waals surface area contributed by atoms with Crippen LogP contribution in [0.1, 0.15) is 83.9 Å². The smallest absolute Gasteiger partial charge is 0.408 e. The van der Waals surface area contributed by atoms with Crippen LogP contribution in [-0.2, 0) is 14.3 Å². The monoisotopic (exact) mass is 469 g/mol. The van der Waals surface area contributed by atoms with Gasteiger partial charge in [-0.05, 0) is 52.0 Å². The minimum absolute atomic E-state index is 0.0593. The SMILES string of the molecule is C#CN(C(=O)C(NC(=O)OC(C)(C)C)C(C)C)C(C(=O)NC1CCCCC1)c1cccc(C)c1. The zero-order valence-electron chi connectivity index (χ0n) is 21.3. The van der Waals surface area contributed by atoms with E-state index in [2.05, 4.69) is 16.7 Å². The molecule has 1 aliphatic rings. The molecule has 0 saturated heterocycles. The fourth-order valence-electron chi connectivity index (χ4n) is 4.15. The maximum atomic E-state index is 13.6. The Morgan fingerprint density at radius 1 is 1.15 bits per heavy atom. The second kappa shape index (κ2) is 11.9.